The van der Waals surface area contributed by atoms with E-state index >= 15 is 0 Å². The maximum atomic E-state index is 10.8. The summed E-state index contributed by atoms with van der Waals surface area (Å²) in [6.45, 7) is 4.59. The fourth-order valence-corrected chi connectivity index (χ4v) is 4.85. The smallest absolute Gasteiger partial charge is 0.120 e. The molecule has 1 aliphatic rings. The van der Waals surface area contributed by atoms with Crippen molar-refractivity contribution in [3.8, 4) is 11.1 Å². The fraction of sp³-hybridized carbons (Fsp3) is 0.480. The molecule has 138 valence electrons. The number of fused-ring (bicyclic) bond motifs is 3. The van der Waals surface area contributed by atoms with Crippen molar-refractivity contribution in [1.82, 2.24) is 0 Å². The van der Waals surface area contributed by atoms with Gasteiger partial charge in [-0.2, -0.15) is 0 Å². The minimum atomic E-state index is 0.162. The second kappa shape index (κ2) is 8.66. The van der Waals surface area contributed by atoms with Crippen molar-refractivity contribution in [3.63, 3.8) is 0 Å². The Labute approximate surface area is 158 Å². The van der Waals surface area contributed by atoms with Gasteiger partial charge in [-0.15, -0.1) is 0 Å². The average molecular weight is 349 g/mol. The molecule has 0 aliphatic heterocycles. The summed E-state index contributed by atoms with van der Waals surface area (Å²) in [4.78, 5) is 10.8. The van der Waals surface area contributed by atoms with Crippen LogP contribution >= 0.6 is 0 Å². The van der Waals surface area contributed by atoms with Gasteiger partial charge in [-0.25, -0.2) is 0 Å². The molecule has 0 saturated heterocycles. The molecule has 1 heteroatoms. The quantitative estimate of drug-likeness (QED) is 0.339. The van der Waals surface area contributed by atoms with E-state index in [2.05, 4.69) is 56.3 Å². The monoisotopic (exact) mass is 348 g/mol. The predicted octanol–water partition coefficient (Wildman–Crippen LogP) is 6.86. The van der Waals surface area contributed by atoms with Crippen LogP contribution in [0.2, 0.25) is 0 Å². The van der Waals surface area contributed by atoms with Crippen LogP contribution in [0.1, 0.15) is 81.9 Å². The second-order valence-electron chi connectivity index (χ2n) is 7.73. The number of benzene rings is 2. The van der Waals surface area contributed by atoms with Crippen LogP contribution < -0.4 is 0 Å². The molecule has 0 amide bonds. The molecular weight excluding hydrogens is 316 g/mol. The summed E-state index contributed by atoms with van der Waals surface area (Å²) in [6, 6.07) is 15.9. The fourth-order valence-electron chi connectivity index (χ4n) is 4.85. The third-order valence-corrected chi connectivity index (χ3v) is 6.04. The topological polar surface area (TPSA) is 17.1 Å². The molecule has 0 radical (unpaired) electrons. The van der Waals surface area contributed by atoms with Crippen molar-refractivity contribution in [2.45, 2.75) is 77.0 Å². The zero-order chi connectivity index (χ0) is 18.4. The van der Waals surface area contributed by atoms with Gasteiger partial charge in [-0.3, -0.25) is 0 Å². The molecule has 0 spiro atoms. The van der Waals surface area contributed by atoms with Gasteiger partial charge < -0.3 is 4.79 Å². The van der Waals surface area contributed by atoms with Gasteiger partial charge in [0.05, 0.1) is 0 Å². The third kappa shape index (κ3) is 3.37. The highest BCUT2D eigenvalue weighted by Crippen LogP contribution is 2.55. The van der Waals surface area contributed by atoms with Crippen LogP contribution in [0.3, 0.4) is 0 Å². The van der Waals surface area contributed by atoms with Crippen molar-refractivity contribution in [2.75, 3.05) is 0 Å². The van der Waals surface area contributed by atoms with Crippen molar-refractivity contribution >= 4 is 6.29 Å². The SMILES string of the molecule is CCCCC1(CCCC)c2ccccc2-c2cccc(CCCC=O)c21. The van der Waals surface area contributed by atoms with Gasteiger partial charge in [-0.05, 0) is 53.5 Å². The molecule has 0 saturated carbocycles. The average Bonchev–Trinajstić information content (AvgIpc) is 2.96. The maximum absolute atomic E-state index is 10.8. The first-order valence-corrected chi connectivity index (χ1v) is 10.4. The van der Waals surface area contributed by atoms with Crippen LogP contribution in [-0.4, -0.2) is 6.29 Å². The Morgan fingerprint density at radius 1 is 0.846 bits per heavy atom. The maximum Gasteiger partial charge on any atom is 0.120 e. The lowest BCUT2D eigenvalue weighted by molar-refractivity contribution is -0.107. The van der Waals surface area contributed by atoms with E-state index in [1.807, 2.05) is 0 Å². The van der Waals surface area contributed by atoms with Crippen molar-refractivity contribution in [1.29, 1.82) is 0 Å². The largest absolute Gasteiger partial charge is 0.303 e. The lowest BCUT2D eigenvalue weighted by Gasteiger charge is -2.34. The Morgan fingerprint density at radius 2 is 1.54 bits per heavy atom. The first-order valence-electron chi connectivity index (χ1n) is 10.4. The van der Waals surface area contributed by atoms with Crippen LogP contribution in [0.25, 0.3) is 11.1 Å². The Kier molecular flexibility index (Phi) is 6.29. The number of carbonyl (C=O) groups is 1. The summed E-state index contributed by atoms with van der Waals surface area (Å²) < 4.78 is 0. The molecular formula is C25H32O. The Morgan fingerprint density at radius 3 is 2.23 bits per heavy atom. The molecule has 0 fully saturated rings. The molecule has 0 unspecified atom stereocenters. The van der Waals surface area contributed by atoms with Crippen LogP contribution in [0.5, 0.6) is 0 Å². The highest BCUT2D eigenvalue weighted by Gasteiger charge is 2.43. The molecule has 3 rings (SSSR count). The number of aryl methyl sites for hydroxylation is 1. The third-order valence-electron chi connectivity index (χ3n) is 6.04. The van der Waals surface area contributed by atoms with E-state index in [9.17, 15) is 4.79 Å². The molecule has 0 aromatic heterocycles. The number of carbonyl (C=O) groups excluding carboxylic acids is 1. The van der Waals surface area contributed by atoms with Crippen molar-refractivity contribution in [2.24, 2.45) is 0 Å². The van der Waals surface area contributed by atoms with E-state index in [4.69, 9.17) is 0 Å². The van der Waals surface area contributed by atoms with E-state index in [1.165, 1.54) is 55.2 Å². The molecule has 1 aliphatic carbocycles. The molecule has 0 atom stereocenters. The standard InChI is InChI=1S/C25H32O/c1-3-5-17-25(18-6-4-2)23-16-8-7-14-21(23)22-15-11-13-20(24(22)25)12-9-10-19-26/h7-8,11,13-16,19H,3-6,9-10,12,17-18H2,1-2H3. The summed E-state index contributed by atoms with van der Waals surface area (Å²) in [7, 11) is 0. The zero-order valence-electron chi connectivity index (χ0n) is 16.4. The number of hydrogen-bond donors (Lipinski definition) is 0. The Bertz CT molecular complexity index is 736. The van der Waals surface area contributed by atoms with Crippen molar-refractivity contribution < 1.29 is 4.79 Å². The van der Waals surface area contributed by atoms with Crippen molar-refractivity contribution in [3.05, 3.63) is 59.2 Å². The molecule has 2 aromatic carbocycles. The number of aldehydes is 1. The lowest BCUT2D eigenvalue weighted by atomic mass is 9.69. The van der Waals surface area contributed by atoms with Gasteiger partial charge in [0.2, 0.25) is 0 Å². The summed E-state index contributed by atoms with van der Waals surface area (Å²) >= 11 is 0. The summed E-state index contributed by atoms with van der Waals surface area (Å²) in [6.07, 6.45) is 11.1. The van der Waals surface area contributed by atoms with Gasteiger partial charge in [0.15, 0.2) is 0 Å². The summed E-state index contributed by atoms with van der Waals surface area (Å²) in [5.41, 5.74) is 7.63. The predicted molar refractivity (Wildman–Crippen MR) is 111 cm³/mol. The Hall–Kier alpha value is -1.89. The number of unbranched alkanes of at least 4 members (excludes halogenated alkanes) is 3. The highest BCUT2D eigenvalue weighted by atomic mass is 16.1. The molecule has 1 nitrogen and oxygen atoms in total. The molecule has 0 bridgehead atoms. The van der Waals surface area contributed by atoms with Crippen LogP contribution in [0.15, 0.2) is 42.5 Å². The van der Waals surface area contributed by atoms with E-state index in [1.54, 1.807) is 11.1 Å². The minimum absolute atomic E-state index is 0.162. The minimum Gasteiger partial charge on any atom is -0.303 e. The van der Waals surface area contributed by atoms with Gasteiger partial charge in [0.25, 0.3) is 0 Å². The molecule has 0 N–H and O–H groups in total. The van der Waals surface area contributed by atoms with Gasteiger partial charge >= 0.3 is 0 Å². The van der Waals surface area contributed by atoms with E-state index in [0.717, 1.165) is 19.1 Å². The molecule has 2 aromatic rings. The first-order chi connectivity index (χ1) is 12.8. The van der Waals surface area contributed by atoms with Crippen LogP contribution in [-0.2, 0) is 16.6 Å². The van der Waals surface area contributed by atoms with E-state index in [0.29, 0.717) is 6.42 Å². The van der Waals surface area contributed by atoms with E-state index in [-0.39, 0.29) is 5.41 Å². The first kappa shape index (κ1) is 18.9. The van der Waals surface area contributed by atoms with Gasteiger partial charge in [0, 0.05) is 11.8 Å². The summed E-state index contributed by atoms with van der Waals surface area (Å²) in [5, 5.41) is 0. The zero-order valence-corrected chi connectivity index (χ0v) is 16.4. The highest BCUT2D eigenvalue weighted by molar-refractivity contribution is 5.82. The molecule has 0 heterocycles. The van der Waals surface area contributed by atoms with Gasteiger partial charge in [0.1, 0.15) is 6.29 Å². The summed E-state index contributed by atoms with van der Waals surface area (Å²) in [5.74, 6) is 0. The lowest BCUT2D eigenvalue weighted by Crippen LogP contribution is -2.27. The van der Waals surface area contributed by atoms with E-state index < -0.39 is 0 Å². The van der Waals surface area contributed by atoms with Crippen LogP contribution in [0.4, 0.5) is 0 Å². The number of rotatable bonds is 10. The molecule has 26 heavy (non-hydrogen) atoms. The second-order valence-corrected chi connectivity index (χ2v) is 7.73. The van der Waals surface area contributed by atoms with Crippen LogP contribution in [0, 0.1) is 0 Å². The number of hydrogen-bond acceptors (Lipinski definition) is 1. The Balaban J connectivity index is 2.15. The van der Waals surface area contributed by atoms with Gasteiger partial charge in [-0.1, -0.05) is 82.0 Å². The normalized spacial score (nSPS) is 14.1.